The van der Waals surface area contributed by atoms with Crippen LogP contribution < -0.4 is 9.80 Å². The van der Waals surface area contributed by atoms with Crippen molar-refractivity contribution in [3.8, 4) is 55.6 Å². The zero-order valence-corrected chi connectivity index (χ0v) is 55.2. The van der Waals surface area contributed by atoms with Crippen LogP contribution >= 0.6 is 11.3 Å². The number of anilines is 6. The Morgan fingerprint density at radius 3 is 1.46 bits per heavy atom. The van der Waals surface area contributed by atoms with Crippen molar-refractivity contribution in [1.29, 1.82) is 0 Å². The highest BCUT2D eigenvalue weighted by atomic mass is 32.1. The number of hydrogen-bond acceptors (Lipinski definition) is 3. The van der Waals surface area contributed by atoms with Gasteiger partial charge in [-0.25, -0.2) is 0 Å². The second-order valence-electron chi connectivity index (χ2n) is 28.6. The Bertz CT molecular complexity index is 5740. The standard InChI is InChI=1S/C92H70N2S/c1-89(2)75-34-15-11-28-72(75)86-78(89)37-21-39-82(86)93(60-48-51-68-66-25-9-14-33-74(66)90(3,4)80(68)55-60)61-49-52-69-67-26-10-16-35-76(67)92(6,81(69)56-61)54-53-91(5)77-36-17-12-29-73(77)87-79(91)38-22-40-83(87)94(84-41-20-32-71-70-27-13-18-42-85(70)95-88(71)84)59-46-43-58(44-47-59)63-30-19-31-64-62-24-8-7-23-57(62)45-50-65(63)64/h7-52,55-56H,53-54H2,1-6H3. The van der Waals surface area contributed by atoms with E-state index in [0.29, 0.717) is 0 Å². The molecular weight excluding hydrogens is 1170 g/mol. The maximum absolute atomic E-state index is 2.61. The Kier molecular flexibility index (Phi) is 12.1. The van der Waals surface area contributed by atoms with Crippen molar-refractivity contribution in [3.63, 3.8) is 0 Å². The second kappa shape index (κ2) is 20.5. The minimum atomic E-state index is -0.331. The molecule has 0 aliphatic heterocycles. The monoisotopic (exact) mass is 1230 g/mol. The van der Waals surface area contributed by atoms with Crippen molar-refractivity contribution < 1.29 is 0 Å². The molecule has 0 N–H and O–H groups in total. The van der Waals surface area contributed by atoms with Gasteiger partial charge in [-0.05, 0) is 184 Å². The van der Waals surface area contributed by atoms with Crippen LogP contribution in [0.4, 0.5) is 34.1 Å². The van der Waals surface area contributed by atoms with Gasteiger partial charge in [0.05, 0.1) is 21.8 Å². The van der Waals surface area contributed by atoms with Crippen LogP contribution in [0, 0.1) is 0 Å². The molecule has 1 aromatic heterocycles. The fourth-order valence-corrected chi connectivity index (χ4v) is 19.3. The van der Waals surface area contributed by atoms with Crippen molar-refractivity contribution in [3.05, 3.63) is 336 Å². The van der Waals surface area contributed by atoms with Gasteiger partial charge in [-0.15, -0.1) is 11.3 Å². The lowest BCUT2D eigenvalue weighted by molar-refractivity contribution is 0.424. The lowest BCUT2D eigenvalue weighted by Crippen LogP contribution is -2.28. The van der Waals surface area contributed by atoms with E-state index < -0.39 is 0 Å². The molecule has 2 nitrogen and oxygen atoms in total. The molecule has 1 heterocycles. The molecule has 4 aliphatic carbocycles. The maximum atomic E-state index is 2.61. The van der Waals surface area contributed by atoms with Gasteiger partial charge in [-0.3, -0.25) is 0 Å². The summed E-state index contributed by atoms with van der Waals surface area (Å²) in [5.74, 6) is 0. The van der Waals surface area contributed by atoms with Gasteiger partial charge >= 0.3 is 0 Å². The minimum absolute atomic E-state index is 0.159. The van der Waals surface area contributed by atoms with Gasteiger partial charge in [0.25, 0.3) is 0 Å². The molecule has 19 rings (SSSR count). The molecule has 0 radical (unpaired) electrons. The van der Waals surface area contributed by atoms with E-state index in [2.05, 4.69) is 343 Å². The van der Waals surface area contributed by atoms with Gasteiger partial charge in [-0.2, -0.15) is 0 Å². The van der Waals surface area contributed by atoms with Crippen molar-refractivity contribution in [1.82, 2.24) is 0 Å². The second-order valence-corrected chi connectivity index (χ2v) is 29.7. The average Bonchev–Trinajstić information content (AvgIpc) is 1.58. The molecule has 14 aromatic carbocycles. The molecule has 0 saturated carbocycles. The molecule has 95 heavy (non-hydrogen) atoms. The summed E-state index contributed by atoms with van der Waals surface area (Å²) in [6.07, 6.45) is 1.86. The van der Waals surface area contributed by atoms with E-state index in [9.17, 15) is 0 Å². The van der Waals surface area contributed by atoms with Crippen molar-refractivity contribution in [2.75, 3.05) is 9.80 Å². The van der Waals surface area contributed by atoms with Gasteiger partial charge in [-0.1, -0.05) is 272 Å². The van der Waals surface area contributed by atoms with Crippen molar-refractivity contribution >= 4 is 87.2 Å². The summed E-state index contributed by atoms with van der Waals surface area (Å²) in [5, 5.41) is 7.66. The molecule has 0 amide bonds. The van der Waals surface area contributed by atoms with Crippen LogP contribution in [0.2, 0.25) is 0 Å². The van der Waals surface area contributed by atoms with Gasteiger partial charge in [0, 0.05) is 65.3 Å². The highest BCUT2D eigenvalue weighted by molar-refractivity contribution is 7.26. The SMILES string of the molecule is CC1(C)c2ccccc2-c2ccc(N(c3ccc4c(c3)C(C)(CCC3(C)c5ccccc5-c5c(N(c6ccc(-c7cccc8c7ccc7ccccc78)cc6)c6cccc7c6sc6ccccc67)cccc53)c3ccccc3-4)c3cccc4c3-c3ccccc3C4(C)C)cc21. The summed E-state index contributed by atoms with van der Waals surface area (Å²) in [5.41, 5.74) is 30.1. The average molecular weight is 1240 g/mol. The number of nitrogens with zero attached hydrogens (tertiary/aromatic N) is 2. The van der Waals surface area contributed by atoms with Crippen LogP contribution in [0.3, 0.4) is 0 Å². The first-order chi connectivity index (χ1) is 46.4. The van der Waals surface area contributed by atoms with Crippen LogP contribution in [0.25, 0.3) is 97.4 Å². The molecule has 15 aromatic rings. The number of fused-ring (bicyclic) bond motifs is 18. The van der Waals surface area contributed by atoms with Gasteiger partial charge in [0.1, 0.15) is 0 Å². The Morgan fingerprint density at radius 1 is 0.274 bits per heavy atom. The third-order valence-electron chi connectivity index (χ3n) is 23.0. The molecule has 3 heteroatoms. The molecule has 0 fully saturated rings. The van der Waals surface area contributed by atoms with E-state index in [4.69, 9.17) is 0 Å². The molecule has 2 atom stereocenters. The topological polar surface area (TPSA) is 6.48 Å². The van der Waals surface area contributed by atoms with Crippen LogP contribution in [0.1, 0.15) is 98.9 Å². The van der Waals surface area contributed by atoms with Crippen LogP contribution in [-0.4, -0.2) is 0 Å². The molecule has 0 saturated heterocycles. The van der Waals surface area contributed by atoms with E-state index in [-0.39, 0.29) is 21.7 Å². The maximum Gasteiger partial charge on any atom is 0.0640 e. The first kappa shape index (κ1) is 56.0. The minimum Gasteiger partial charge on any atom is -0.310 e. The van der Waals surface area contributed by atoms with Crippen molar-refractivity contribution in [2.24, 2.45) is 0 Å². The molecule has 0 bridgehead atoms. The fraction of sp³-hybridized carbons (Fsp3) is 0.130. The summed E-state index contributed by atoms with van der Waals surface area (Å²) in [6.45, 7) is 14.7. The fourth-order valence-electron chi connectivity index (χ4n) is 18.1. The number of hydrogen-bond donors (Lipinski definition) is 0. The Hall–Kier alpha value is -10.6. The van der Waals surface area contributed by atoms with E-state index >= 15 is 0 Å². The van der Waals surface area contributed by atoms with Crippen LogP contribution in [-0.2, 0) is 21.7 Å². The number of benzene rings is 14. The Balaban J connectivity index is 0.752. The normalized spacial score (nSPS) is 17.1. The van der Waals surface area contributed by atoms with Gasteiger partial charge in [0.15, 0.2) is 0 Å². The predicted molar refractivity (Wildman–Crippen MR) is 404 cm³/mol. The highest BCUT2D eigenvalue weighted by Gasteiger charge is 2.47. The zero-order chi connectivity index (χ0) is 63.7. The van der Waals surface area contributed by atoms with E-state index in [1.165, 1.54) is 170 Å². The molecule has 2 unspecified atom stereocenters. The van der Waals surface area contributed by atoms with Crippen LogP contribution in [0.5, 0.6) is 0 Å². The summed E-state index contributed by atoms with van der Waals surface area (Å²) in [6, 6.07) is 111. The zero-order valence-electron chi connectivity index (χ0n) is 54.4. The predicted octanol–water partition coefficient (Wildman–Crippen LogP) is 25.6. The molecule has 0 spiro atoms. The van der Waals surface area contributed by atoms with Gasteiger partial charge < -0.3 is 9.80 Å². The lowest BCUT2D eigenvalue weighted by Gasteiger charge is -2.35. The smallest absolute Gasteiger partial charge is 0.0640 e. The molecular formula is C92H70N2S. The summed E-state index contributed by atoms with van der Waals surface area (Å²) < 4.78 is 2.58. The molecule has 454 valence electrons. The van der Waals surface area contributed by atoms with Gasteiger partial charge in [0.2, 0.25) is 0 Å². The highest BCUT2D eigenvalue weighted by Crippen LogP contribution is 2.62. The Labute approximate surface area is 560 Å². The summed E-state index contributed by atoms with van der Waals surface area (Å²) in [7, 11) is 0. The Morgan fingerprint density at radius 2 is 0.726 bits per heavy atom. The first-order valence-corrected chi connectivity index (χ1v) is 34.7. The largest absolute Gasteiger partial charge is 0.310 e. The lowest BCUT2D eigenvalue weighted by atomic mass is 9.69. The van der Waals surface area contributed by atoms with E-state index in [1.54, 1.807) is 0 Å². The summed E-state index contributed by atoms with van der Waals surface area (Å²) >= 11 is 1.90. The van der Waals surface area contributed by atoms with E-state index in [0.717, 1.165) is 18.5 Å². The third kappa shape index (κ3) is 7.97. The number of rotatable bonds is 10. The number of thiophene rings is 1. The quantitative estimate of drug-likeness (QED) is 0.126. The van der Waals surface area contributed by atoms with E-state index in [1.807, 2.05) is 11.3 Å². The van der Waals surface area contributed by atoms with Crippen LogP contribution in [0.15, 0.2) is 291 Å². The first-order valence-electron chi connectivity index (χ1n) is 33.9. The van der Waals surface area contributed by atoms with Crippen molar-refractivity contribution in [2.45, 2.75) is 76.0 Å². The third-order valence-corrected chi connectivity index (χ3v) is 24.2. The summed E-state index contributed by atoms with van der Waals surface area (Å²) in [4.78, 5) is 5.19. The molecule has 4 aliphatic rings.